The minimum atomic E-state index is -1.21. The summed E-state index contributed by atoms with van der Waals surface area (Å²) in [5, 5.41) is 14.1. The average Bonchev–Trinajstić information content (AvgIpc) is 3.00. The third-order valence-corrected chi connectivity index (χ3v) is 5.37. The molecular formula is C17H29N3O4S. The number of ether oxygens (including phenoxy) is 1. The van der Waals surface area contributed by atoms with E-state index < -0.39 is 12.1 Å². The van der Waals surface area contributed by atoms with Crippen molar-refractivity contribution in [2.45, 2.75) is 70.9 Å². The van der Waals surface area contributed by atoms with Gasteiger partial charge in [0.05, 0.1) is 5.60 Å². The van der Waals surface area contributed by atoms with E-state index in [2.05, 4.69) is 36.4 Å². The number of hydrogen-bond donors (Lipinski definition) is 3. The molecule has 1 rings (SSSR count). The minimum absolute atomic E-state index is 0.112. The highest BCUT2D eigenvalue weighted by atomic mass is 32.1. The molecule has 0 saturated carbocycles. The van der Waals surface area contributed by atoms with Crippen molar-refractivity contribution in [1.29, 1.82) is 0 Å². The van der Waals surface area contributed by atoms with Gasteiger partial charge in [-0.05, 0) is 45.4 Å². The van der Waals surface area contributed by atoms with Crippen molar-refractivity contribution in [1.82, 2.24) is 10.3 Å². The topological polar surface area (TPSA) is 101 Å². The van der Waals surface area contributed by atoms with Gasteiger partial charge in [0.2, 0.25) is 5.91 Å². The van der Waals surface area contributed by atoms with E-state index >= 15 is 0 Å². The van der Waals surface area contributed by atoms with Crippen molar-refractivity contribution in [2.24, 2.45) is 0 Å². The molecule has 2 unspecified atom stereocenters. The zero-order chi connectivity index (χ0) is 19.0. The first-order valence-corrected chi connectivity index (χ1v) is 9.31. The van der Waals surface area contributed by atoms with Crippen LogP contribution in [0.15, 0.2) is 6.20 Å². The minimum Gasteiger partial charge on any atom is -0.465 e. The molecule has 0 aliphatic rings. The number of carboxylic acid groups (broad SMARTS) is 1. The van der Waals surface area contributed by atoms with Crippen molar-refractivity contribution < 1.29 is 19.4 Å². The van der Waals surface area contributed by atoms with E-state index in [1.54, 1.807) is 20.2 Å². The lowest BCUT2D eigenvalue weighted by Crippen LogP contribution is -2.42. The third kappa shape index (κ3) is 7.39. The van der Waals surface area contributed by atoms with Crippen molar-refractivity contribution in [2.75, 3.05) is 12.4 Å². The lowest BCUT2D eigenvalue weighted by molar-refractivity contribution is -0.118. The maximum Gasteiger partial charge on any atom is 0.405 e. The van der Waals surface area contributed by atoms with Crippen LogP contribution < -0.4 is 10.6 Å². The van der Waals surface area contributed by atoms with Gasteiger partial charge < -0.3 is 20.5 Å². The Morgan fingerprint density at radius 1 is 1.44 bits per heavy atom. The summed E-state index contributed by atoms with van der Waals surface area (Å²) in [6, 6.07) is -0.779. The SMILES string of the molecule is CCC(NC(=O)O)C(=O)Nc1ncc(C(C)CCCC(C)(C)OC)s1. The zero-order valence-electron chi connectivity index (χ0n) is 15.6. The second-order valence-electron chi connectivity index (χ2n) is 6.72. The highest BCUT2D eigenvalue weighted by Crippen LogP contribution is 2.30. The summed E-state index contributed by atoms with van der Waals surface area (Å²) in [4.78, 5) is 28.1. The van der Waals surface area contributed by atoms with E-state index in [1.807, 2.05) is 0 Å². The molecule has 0 bridgehead atoms. The first-order valence-electron chi connectivity index (χ1n) is 8.49. The van der Waals surface area contributed by atoms with Gasteiger partial charge in [0.1, 0.15) is 6.04 Å². The number of thiazole rings is 1. The molecule has 1 aromatic rings. The van der Waals surface area contributed by atoms with E-state index in [-0.39, 0.29) is 11.5 Å². The van der Waals surface area contributed by atoms with Crippen LogP contribution in [0.2, 0.25) is 0 Å². The van der Waals surface area contributed by atoms with Gasteiger partial charge in [0, 0.05) is 18.2 Å². The summed E-state index contributed by atoms with van der Waals surface area (Å²) in [5.74, 6) is -0.0461. The second-order valence-corrected chi connectivity index (χ2v) is 7.79. The molecule has 2 amide bonds. The summed E-state index contributed by atoms with van der Waals surface area (Å²) in [5.41, 5.74) is -0.112. The predicted molar refractivity (Wildman–Crippen MR) is 99.3 cm³/mol. The molecule has 1 aromatic heterocycles. The molecule has 0 fully saturated rings. The fourth-order valence-corrected chi connectivity index (χ4v) is 3.25. The Morgan fingerprint density at radius 2 is 2.12 bits per heavy atom. The van der Waals surface area contributed by atoms with Gasteiger partial charge in [-0.2, -0.15) is 0 Å². The summed E-state index contributed by atoms with van der Waals surface area (Å²) in [6.45, 7) is 8.04. The smallest absolute Gasteiger partial charge is 0.405 e. The van der Waals surface area contributed by atoms with Crippen LogP contribution in [-0.4, -0.2) is 40.8 Å². The van der Waals surface area contributed by atoms with Gasteiger partial charge in [-0.15, -0.1) is 11.3 Å². The Hall–Kier alpha value is -1.67. The lowest BCUT2D eigenvalue weighted by Gasteiger charge is -2.23. The summed E-state index contributed by atoms with van der Waals surface area (Å²) >= 11 is 1.43. The van der Waals surface area contributed by atoms with Crippen LogP contribution in [-0.2, 0) is 9.53 Å². The van der Waals surface area contributed by atoms with E-state index in [4.69, 9.17) is 9.84 Å². The number of rotatable bonds is 10. The van der Waals surface area contributed by atoms with Crippen LogP contribution in [0.5, 0.6) is 0 Å². The Bertz CT molecular complexity index is 574. The van der Waals surface area contributed by atoms with Crippen molar-refractivity contribution in [3.8, 4) is 0 Å². The maximum atomic E-state index is 12.1. The van der Waals surface area contributed by atoms with Crippen LogP contribution in [0.25, 0.3) is 0 Å². The number of nitrogens with one attached hydrogen (secondary N) is 2. The first kappa shape index (κ1) is 21.4. The van der Waals surface area contributed by atoms with Crippen LogP contribution in [0, 0.1) is 0 Å². The first-order chi connectivity index (χ1) is 11.7. The number of nitrogens with zero attached hydrogens (tertiary/aromatic N) is 1. The van der Waals surface area contributed by atoms with Gasteiger partial charge in [-0.25, -0.2) is 9.78 Å². The molecule has 0 aromatic carbocycles. The number of carbonyl (C=O) groups excluding carboxylic acids is 1. The van der Waals surface area contributed by atoms with Crippen LogP contribution in [0.3, 0.4) is 0 Å². The molecule has 7 nitrogen and oxygen atoms in total. The van der Waals surface area contributed by atoms with Crippen LogP contribution >= 0.6 is 11.3 Å². The fourth-order valence-electron chi connectivity index (χ4n) is 2.35. The normalized spacial score (nSPS) is 14.0. The number of hydrogen-bond acceptors (Lipinski definition) is 5. The molecule has 0 spiro atoms. The third-order valence-electron chi connectivity index (χ3n) is 4.23. The molecule has 142 valence electrons. The molecule has 0 saturated heterocycles. The predicted octanol–water partition coefficient (Wildman–Crippen LogP) is 3.83. The Balaban J connectivity index is 2.54. The number of anilines is 1. The maximum absolute atomic E-state index is 12.1. The Labute approximate surface area is 153 Å². The van der Waals surface area contributed by atoms with E-state index in [0.717, 1.165) is 24.1 Å². The quantitative estimate of drug-likeness (QED) is 0.580. The molecule has 0 aliphatic heterocycles. The second kappa shape index (κ2) is 9.72. The number of methoxy groups -OCH3 is 1. The Morgan fingerprint density at radius 3 is 2.68 bits per heavy atom. The largest absolute Gasteiger partial charge is 0.465 e. The van der Waals surface area contributed by atoms with Gasteiger partial charge in [-0.1, -0.05) is 13.8 Å². The zero-order valence-corrected chi connectivity index (χ0v) is 16.4. The summed E-state index contributed by atoms with van der Waals surface area (Å²) in [7, 11) is 1.73. The van der Waals surface area contributed by atoms with E-state index in [0.29, 0.717) is 17.5 Å². The number of amides is 2. The van der Waals surface area contributed by atoms with Gasteiger partial charge in [0.15, 0.2) is 5.13 Å². The molecule has 1 heterocycles. The highest BCUT2D eigenvalue weighted by Gasteiger charge is 2.21. The van der Waals surface area contributed by atoms with Crippen LogP contribution in [0.1, 0.15) is 64.2 Å². The monoisotopic (exact) mass is 371 g/mol. The molecule has 0 aliphatic carbocycles. The van der Waals surface area contributed by atoms with Gasteiger partial charge in [0.25, 0.3) is 0 Å². The number of aromatic nitrogens is 1. The lowest BCUT2D eigenvalue weighted by atomic mass is 9.96. The van der Waals surface area contributed by atoms with Crippen LogP contribution in [0.4, 0.5) is 9.93 Å². The molecule has 3 N–H and O–H groups in total. The Kier molecular flexibility index (Phi) is 8.31. The molecular weight excluding hydrogens is 342 g/mol. The van der Waals surface area contributed by atoms with Crippen molar-refractivity contribution in [3.63, 3.8) is 0 Å². The van der Waals surface area contributed by atoms with Crippen molar-refractivity contribution in [3.05, 3.63) is 11.1 Å². The summed E-state index contributed by atoms with van der Waals surface area (Å²) < 4.78 is 5.43. The van der Waals surface area contributed by atoms with Gasteiger partial charge in [-0.3, -0.25) is 4.79 Å². The van der Waals surface area contributed by atoms with Gasteiger partial charge >= 0.3 is 6.09 Å². The van der Waals surface area contributed by atoms with Crippen molar-refractivity contribution >= 4 is 28.5 Å². The molecule has 8 heteroatoms. The van der Waals surface area contributed by atoms with E-state index in [9.17, 15) is 9.59 Å². The summed E-state index contributed by atoms with van der Waals surface area (Å²) in [6.07, 6.45) is 3.98. The van der Waals surface area contributed by atoms with E-state index in [1.165, 1.54) is 11.3 Å². The average molecular weight is 372 g/mol. The molecule has 25 heavy (non-hydrogen) atoms. The number of carbonyl (C=O) groups is 2. The highest BCUT2D eigenvalue weighted by molar-refractivity contribution is 7.15. The molecule has 0 radical (unpaired) electrons. The molecule has 2 atom stereocenters. The standard InChI is InChI=1S/C17H29N3O4S/c1-6-12(19-16(22)23)14(21)20-15-18-10-13(25-15)11(2)8-7-9-17(3,4)24-5/h10-12,19H,6-9H2,1-5H3,(H,22,23)(H,18,20,21). The fraction of sp³-hybridized carbons (Fsp3) is 0.706.